The van der Waals surface area contributed by atoms with Gasteiger partial charge in [0.25, 0.3) is 0 Å². The van der Waals surface area contributed by atoms with Gasteiger partial charge in [0, 0.05) is 26.8 Å². The van der Waals surface area contributed by atoms with Crippen molar-refractivity contribution in [3.8, 4) is 0 Å². The van der Waals surface area contributed by atoms with Crippen molar-refractivity contribution in [1.82, 2.24) is 15.1 Å². The first kappa shape index (κ1) is 17.5. The number of nitro groups is 1. The maximum Gasteiger partial charge on any atom is 0.306 e. The summed E-state index contributed by atoms with van der Waals surface area (Å²) in [5, 5.41) is 27.5. The molecule has 0 bridgehead atoms. The molecule has 1 atom stereocenters. The molecule has 1 aromatic heterocycles. The van der Waals surface area contributed by atoms with Crippen LogP contribution in [-0.4, -0.2) is 52.7 Å². The molecule has 1 rings (SSSR count). The standard InChI is InChI=1S/C13H24N4O4/c1-13(2,4-5-21-3)10-14-7-12(18)9-16-8-11(6-15-16)17(19)20/h6,8,12,14,18H,4-5,7,9-10H2,1-3H3. The molecule has 120 valence electrons. The van der Waals surface area contributed by atoms with Crippen LogP contribution in [0.5, 0.6) is 0 Å². The van der Waals surface area contributed by atoms with Crippen LogP contribution >= 0.6 is 0 Å². The molecule has 0 aromatic carbocycles. The van der Waals surface area contributed by atoms with Crippen LogP contribution in [0.3, 0.4) is 0 Å². The van der Waals surface area contributed by atoms with Gasteiger partial charge < -0.3 is 15.2 Å². The van der Waals surface area contributed by atoms with Crippen molar-refractivity contribution in [1.29, 1.82) is 0 Å². The van der Waals surface area contributed by atoms with E-state index in [0.717, 1.165) is 13.0 Å². The molecule has 0 saturated carbocycles. The van der Waals surface area contributed by atoms with Crippen molar-refractivity contribution in [2.45, 2.75) is 32.9 Å². The van der Waals surface area contributed by atoms with Gasteiger partial charge in [-0.3, -0.25) is 14.8 Å². The third-order valence-corrected chi connectivity index (χ3v) is 3.19. The summed E-state index contributed by atoms with van der Waals surface area (Å²) >= 11 is 0. The highest BCUT2D eigenvalue weighted by Crippen LogP contribution is 2.18. The van der Waals surface area contributed by atoms with E-state index < -0.39 is 11.0 Å². The third kappa shape index (κ3) is 6.65. The van der Waals surface area contributed by atoms with E-state index in [-0.39, 0.29) is 17.6 Å². The highest BCUT2D eigenvalue weighted by Gasteiger charge is 2.18. The number of nitrogens with one attached hydrogen (secondary N) is 1. The molecule has 0 radical (unpaired) electrons. The van der Waals surface area contributed by atoms with E-state index in [0.29, 0.717) is 13.2 Å². The minimum absolute atomic E-state index is 0.0733. The Morgan fingerprint density at radius 2 is 2.33 bits per heavy atom. The van der Waals surface area contributed by atoms with E-state index in [1.54, 1.807) is 7.11 Å². The van der Waals surface area contributed by atoms with E-state index in [1.807, 2.05) is 0 Å². The predicted octanol–water partition coefficient (Wildman–Crippen LogP) is 0.804. The number of hydrogen-bond donors (Lipinski definition) is 2. The summed E-state index contributed by atoms with van der Waals surface area (Å²) in [4.78, 5) is 10.0. The van der Waals surface area contributed by atoms with E-state index in [2.05, 4.69) is 24.3 Å². The summed E-state index contributed by atoms with van der Waals surface area (Å²) in [6, 6.07) is 0. The van der Waals surface area contributed by atoms with Crippen LogP contribution in [0.2, 0.25) is 0 Å². The lowest BCUT2D eigenvalue weighted by Crippen LogP contribution is -2.36. The number of methoxy groups -OCH3 is 1. The average Bonchev–Trinajstić information content (AvgIpc) is 2.85. The van der Waals surface area contributed by atoms with Crippen LogP contribution in [0, 0.1) is 15.5 Å². The molecule has 0 aliphatic carbocycles. The molecule has 0 aliphatic rings. The largest absolute Gasteiger partial charge is 0.390 e. The van der Waals surface area contributed by atoms with Crippen LogP contribution in [0.4, 0.5) is 5.69 Å². The highest BCUT2D eigenvalue weighted by molar-refractivity contribution is 5.20. The van der Waals surface area contributed by atoms with Crippen molar-refractivity contribution in [3.05, 3.63) is 22.5 Å². The van der Waals surface area contributed by atoms with Crippen LogP contribution in [-0.2, 0) is 11.3 Å². The molecular weight excluding hydrogens is 276 g/mol. The Morgan fingerprint density at radius 1 is 1.62 bits per heavy atom. The van der Waals surface area contributed by atoms with Gasteiger partial charge in [-0.15, -0.1) is 0 Å². The number of nitrogens with zero attached hydrogens (tertiary/aromatic N) is 3. The van der Waals surface area contributed by atoms with E-state index >= 15 is 0 Å². The normalized spacial score (nSPS) is 13.3. The highest BCUT2D eigenvalue weighted by atomic mass is 16.6. The van der Waals surface area contributed by atoms with Crippen molar-refractivity contribution in [2.75, 3.05) is 26.8 Å². The Kier molecular flexibility index (Phi) is 6.73. The minimum Gasteiger partial charge on any atom is -0.390 e. The minimum atomic E-state index is -0.650. The predicted molar refractivity (Wildman–Crippen MR) is 78.0 cm³/mol. The molecule has 1 aromatic rings. The first-order chi connectivity index (χ1) is 9.84. The second kappa shape index (κ2) is 8.06. The molecule has 0 saturated heterocycles. The summed E-state index contributed by atoms with van der Waals surface area (Å²) in [5.41, 5.74) is 0.0103. The Morgan fingerprint density at radius 3 is 2.90 bits per heavy atom. The van der Waals surface area contributed by atoms with Crippen LogP contribution in [0.15, 0.2) is 12.4 Å². The summed E-state index contributed by atoms with van der Waals surface area (Å²) in [5.74, 6) is 0. The van der Waals surface area contributed by atoms with Crippen LogP contribution < -0.4 is 5.32 Å². The first-order valence-electron chi connectivity index (χ1n) is 6.88. The maximum absolute atomic E-state index is 10.5. The number of hydrogen-bond acceptors (Lipinski definition) is 6. The molecule has 8 heteroatoms. The van der Waals surface area contributed by atoms with E-state index in [1.165, 1.54) is 17.1 Å². The zero-order chi connectivity index (χ0) is 15.9. The fourth-order valence-electron chi connectivity index (χ4n) is 1.87. The third-order valence-electron chi connectivity index (χ3n) is 3.19. The van der Waals surface area contributed by atoms with Gasteiger partial charge in [0.1, 0.15) is 12.4 Å². The smallest absolute Gasteiger partial charge is 0.306 e. The van der Waals surface area contributed by atoms with Crippen molar-refractivity contribution in [3.63, 3.8) is 0 Å². The van der Waals surface area contributed by atoms with Gasteiger partial charge in [0.15, 0.2) is 0 Å². The number of ether oxygens (including phenoxy) is 1. The van der Waals surface area contributed by atoms with E-state index in [4.69, 9.17) is 4.74 Å². The SMILES string of the molecule is COCCC(C)(C)CNCC(O)Cn1cc([N+](=O)[O-])cn1. The monoisotopic (exact) mass is 300 g/mol. The van der Waals surface area contributed by atoms with Gasteiger partial charge in [-0.05, 0) is 11.8 Å². The Balaban J connectivity index is 2.30. The van der Waals surface area contributed by atoms with Crippen molar-refractivity contribution in [2.24, 2.45) is 5.41 Å². The summed E-state index contributed by atoms with van der Waals surface area (Å²) in [6.07, 6.45) is 2.76. The number of aromatic nitrogens is 2. The molecule has 0 aliphatic heterocycles. The molecule has 0 amide bonds. The fourth-order valence-corrected chi connectivity index (χ4v) is 1.87. The van der Waals surface area contributed by atoms with Gasteiger partial charge in [-0.1, -0.05) is 13.8 Å². The van der Waals surface area contributed by atoms with Gasteiger partial charge in [0.2, 0.25) is 0 Å². The number of rotatable bonds is 10. The Bertz CT molecular complexity index is 447. The zero-order valence-corrected chi connectivity index (χ0v) is 12.8. The molecule has 0 fully saturated rings. The molecule has 1 heterocycles. The summed E-state index contributed by atoms with van der Waals surface area (Å²) in [7, 11) is 1.68. The molecule has 0 spiro atoms. The first-order valence-corrected chi connectivity index (χ1v) is 6.88. The average molecular weight is 300 g/mol. The molecule has 21 heavy (non-hydrogen) atoms. The summed E-state index contributed by atoms with van der Waals surface area (Å²) < 4.78 is 6.44. The van der Waals surface area contributed by atoms with Gasteiger partial charge in [0.05, 0.1) is 17.6 Å². The van der Waals surface area contributed by atoms with Gasteiger partial charge >= 0.3 is 5.69 Å². The van der Waals surface area contributed by atoms with E-state index in [9.17, 15) is 15.2 Å². The van der Waals surface area contributed by atoms with Gasteiger partial charge in [-0.25, -0.2) is 0 Å². The second-order valence-electron chi connectivity index (χ2n) is 5.87. The molecule has 8 nitrogen and oxygen atoms in total. The van der Waals surface area contributed by atoms with Crippen molar-refractivity contribution >= 4 is 5.69 Å². The summed E-state index contributed by atoms with van der Waals surface area (Å²) in [6.45, 7) is 6.34. The lowest BCUT2D eigenvalue weighted by Gasteiger charge is -2.25. The molecule has 1 unspecified atom stereocenters. The molecule has 2 N–H and O–H groups in total. The quantitative estimate of drug-likeness (QED) is 0.489. The number of aliphatic hydroxyl groups excluding tert-OH is 1. The Hall–Kier alpha value is -1.51. The molecular formula is C13H24N4O4. The van der Waals surface area contributed by atoms with Crippen LogP contribution in [0.25, 0.3) is 0 Å². The second-order valence-corrected chi connectivity index (χ2v) is 5.87. The lowest BCUT2D eigenvalue weighted by molar-refractivity contribution is -0.385. The van der Waals surface area contributed by atoms with Crippen LogP contribution in [0.1, 0.15) is 20.3 Å². The maximum atomic E-state index is 10.5. The fraction of sp³-hybridized carbons (Fsp3) is 0.769. The Labute approximate surface area is 124 Å². The zero-order valence-electron chi connectivity index (χ0n) is 12.8. The topological polar surface area (TPSA) is 102 Å². The van der Waals surface area contributed by atoms with Crippen molar-refractivity contribution < 1.29 is 14.8 Å². The van der Waals surface area contributed by atoms with Gasteiger partial charge in [-0.2, -0.15) is 5.10 Å². The lowest BCUT2D eigenvalue weighted by atomic mass is 9.90. The number of aliphatic hydroxyl groups is 1.